The normalized spacial score (nSPS) is 17.0. The minimum atomic E-state index is -3.65. The van der Waals surface area contributed by atoms with E-state index in [-0.39, 0.29) is 0 Å². The van der Waals surface area contributed by atoms with Crippen molar-refractivity contribution >= 4 is 26.8 Å². The Balaban J connectivity index is 1.84. The van der Waals surface area contributed by atoms with Gasteiger partial charge in [-0.05, 0) is 18.2 Å². The molecule has 3 aromatic rings. The number of methoxy groups -OCH3 is 1. The molecule has 0 spiro atoms. The number of hydrazone groups is 1. The Morgan fingerprint density at radius 3 is 2.71 bits per heavy atom. The smallest absolute Gasteiger partial charge is 0.247 e. The van der Waals surface area contributed by atoms with Crippen molar-refractivity contribution in [2.75, 3.05) is 13.4 Å². The fourth-order valence-corrected chi connectivity index (χ4v) is 4.27. The maximum Gasteiger partial charge on any atom is 0.247 e. The van der Waals surface area contributed by atoms with Gasteiger partial charge < -0.3 is 4.74 Å². The lowest BCUT2D eigenvalue weighted by atomic mass is 9.97. The molecule has 0 unspecified atom stereocenters. The monoisotopic (exact) mass is 400 g/mol. The Morgan fingerprint density at radius 1 is 1.18 bits per heavy atom. The van der Waals surface area contributed by atoms with Gasteiger partial charge in [-0.3, -0.25) is 9.97 Å². The summed E-state index contributed by atoms with van der Waals surface area (Å²) in [5, 5.41) is 4.34. The molecule has 0 amide bonds. The summed E-state index contributed by atoms with van der Waals surface area (Å²) < 4.78 is 44.8. The molecule has 1 aromatic heterocycles. The Labute approximate surface area is 161 Å². The highest BCUT2D eigenvalue weighted by Gasteiger charge is 2.36. The summed E-state index contributed by atoms with van der Waals surface area (Å²) >= 11 is 0. The van der Waals surface area contributed by atoms with Gasteiger partial charge in [0.2, 0.25) is 10.0 Å². The van der Waals surface area contributed by atoms with Crippen LogP contribution in [-0.4, -0.2) is 41.9 Å². The third kappa shape index (κ3) is 3.18. The zero-order valence-corrected chi connectivity index (χ0v) is 16.0. The van der Waals surface area contributed by atoms with Crippen molar-refractivity contribution in [1.29, 1.82) is 0 Å². The summed E-state index contributed by atoms with van der Waals surface area (Å²) in [6.07, 6.45) is 4.55. The van der Waals surface area contributed by atoms with E-state index >= 15 is 0 Å². The Hall–Kier alpha value is -3.07. The number of para-hydroxylation sites is 1. The molecule has 0 radical (unpaired) electrons. The van der Waals surface area contributed by atoms with E-state index in [2.05, 4.69) is 15.1 Å². The Bertz CT molecular complexity index is 1190. The highest BCUT2D eigenvalue weighted by Crippen LogP contribution is 2.38. The van der Waals surface area contributed by atoms with Crippen LogP contribution in [0, 0.1) is 5.82 Å². The zero-order chi connectivity index (χ0) is 19.9. The number of fused-ring (bicyclic) bond motifs is 1. The predicted octanol–water partition coefficient (Wildman–Crippen LogP) is 2.89. The van der Waals surface area contributed by atoms with Crippen molar-refractivity contribution in [3.05, 3.63) is 65.7 Å². The van der Waals surface area contributed by atoms with Crippen molar-refractivity contribution in [3.8, 4) is 5.75 Å². The molecule has 1 atom stereocenters. The number of aromatic nitrogens is 2. The van der Waals surface area contributed by atoms with Gasteiger partial charge in [0.25, 0.3) is 0 Å². The Morgan fingerprint density at radius 2 is 1.96 bits per heavy atom. The molecule has 1 aliphatic rings. The molecule has 0 fully saturated rings. The van der Waals surface area contributed by atoms with E-state index < -0.39 is 21.9 Å². The van der Waals surface area contributed by atoms with Crippen LogP contribution >= 0.6 is 0 Å². The molecule has 0 aliphatic carbocycles. The van der Waals surface area contributed by atoms with E-state index in [4.69, 9.17) is 4.74 Å². The van der Waals surface area contributed by atoms with Crippen LogP contribution in [0.3, 0.4) is 0 Å². The van der Waals surface area contributed by atoms with Crippen LogP contribution in [0.4, 0.5) is 4.39 Å². The lowest BCUT2D eigenvalue weighted by molar-refractivity contribution is 0.376. The van der Waals surface area contributed by atoms with Crippen molar-refractivity contribution in [1.82, 2.24) is 14.4 Å². The summed E-state index contributed by atoms with van der Waals surface area (Å²) in [7, 11) is -2.22. The summed E-state index contributed by atoms with van der Waals surface area (Å²) in [4.78, 5) is 8.66. The molecule has 7 nitrogen and oxygen atoms in total. The van der Waals surface area contributed by atoms with Gasteiger partial charge in [-0.1, -0.05) is 12.1 Å². The second-order valence-electron chi connectivity index (χ2n) is 6.42. The fraction of sp³-hybridized carbons (Fsp3) is 0.211. The van der Waals surface area contributed by atoms with Crippen LogP contribution in [0.25, 0.3) is 11.0 Å². The summed E-state index contributed by atoms with van der Waals surface area (Å²) in [6.45, 7) is 0. The molecule has 9 heteroatoms. The number of hydrogen-bond donors (Lipinski definition) is 0. The highest BCUT2D eigenvalue weighted by atomic mass is 32.2. The summed E-state index contributed by atoms with van der Waals surface area (Å²) in [5.74, 6) is -0.148. The molecular weight excluding hydrogens is 383 g/mol. The maximum atomic E-state index is 13.6. The van der Waals surface area contributed by atoms with Gasteiger partial charge in [0, 0.05) is 36.0 Å². The highest BCUT2D eigenvalue weighted by molar-refractivity contribution is 7.88. The summed E-state index contributed by atoms with van der Waals surface area (Å²) in [5.41, 5.74) is 3.03. The molecule has 1 aliphatic heterocycles. The largest absolute Gasteiger partial charge is 0.496 e. The van der Waals surface area contributed by atoms with Gasteiger partial charge in [0.15, 0.2) is 0 Å². The van der Waals surface area contributed by atoms with E-state index in [1.54, 1.807) is 18.5 Å². The SMILES string of the molecule is COc1cc(F)ccc1C1=NN(S(C)(=O)=O)[C@@H](c2cccc3nccnc23)C1. The van der Waals surface area contributed by atoms with Crippen LogP contribution in [-0.2, 0) is 10.0 Å². The maximum absolute atomic E-state index is 13.6. The summed E-state index contributed by atoms with van der Waals surface area (Å²) in [6, 6.07) is 8.94. The molecule has 0 bridgehead atoms. The average Bonchev–Trinajstić information content (AvgIpc) is 3.13. The first-order chi connectivity index (χ1) is 13.4. The van der Waals surface area contributed by atoms with Gasteiger partial charge in [-0.2, -0.15) is 9.52 Å². The van der Waals surface area contributed by atoms with Crippen LogP contribution in [0.5, 0.6) is 5.75 Å². The van der Waals surface area contributed by atoms with Gasteiger partial charge in [0.05, 0.1) is 36.2 Å². The molecule has 28 heavy (non-hydrogen) atoms. The van der Waals surface area contributed by atoms with E-state index in [0.717, 1.165) is 10.7 Å². The van der Waals surface area contributed by atoms with Gasteiger partial charge in [-0.25, -0.2) is 12.8 Å². The van der Waals surface area contributed by atoms with Gasteiger partial charge >= 0.3 is 0 Å². The number of rotatable bonds is 4. The topological polar surface area (TPSA) is 84.8 Å². The number of halogens is 1. The molecule has 2 heterocycles. The third-order valence-electron chi connectivity index (χ3n) is 4.58. The first-order valence-electron chi connectivity index (χ1n) is 8.49. The minimum absolute atomic E-state index is 0.296. The zero-order valence-electron chi connectivity index (χ0n) is 15.2. The van der Waals surface area contributed by atoms with Gasteiger partial charge in [0.1, 0.15) is 11.6 Å². The Kier molecular flexibility index (Phi) is 4.46. The number of hydrogen-bond acceptors (Lipinski definition) is 6. The standard InChI is InChI=1S/C19H17FN4O3S/c1-27-18-10-12(20)6-7-13(18)16-11-17(24(23-16)28(2,25)26)14-4-3-5-15-19(14)22-9-8-21-15/h3-10,17H,11H2,1-2H3/t17-/m1/s1. The second kappa shape index (κ2) is 6.83. The third-order valence-corrected chi connectivity index (χ3v) is 5.59. The average molecular weight is 400 g/mol. The van der Waals surface area contributed by atoms with Crippen molar-refractivity contribution in [3.63, 3.8) is 0 Å². The van der Waals surface area contributed by atoms with Crippen molar-refractivity contribution < 1.29 is 17.5 Å². The van der Waals surface area contributed by atoms with E-state index in [9.17, 15) is 12.8 Å². The molecule has 0 saturated heterocycles. The number of sulfonamides is 1. The molecule has 2 aromatic carbocycles. The van der Waals surface area contributed by atoms with Crippen molar-refractivity contribution in [2.45, 2.75) is 12.5 Å². The lowest BCUT2D eigenvalue weighted by Gasteiger charge is -2.22. The molecule has 4 rings (SSSR count). The molecule has 0 N–H and O–H groups in total. The quantitative estimate of drug-likeness (QED) is 0.672. The number of benzene rings is 2. The van der Waals surface area contributed by atoms with Crippen molar-refractivity contribution in [2.24, 2.45) is 5.10 Å². The minimum Gasteiger partial charge on any atom is -0.496 e. The van der Waals surface area contributed by atoms with E-state index in [1.165, 1.54) is 19.2 Å². The van der Waals surface area contributed by atoms with Crippen LogP contribution < -0.4 is 4.74 Å². The molecule has 144 valence electrons. The first kappa shape index (κ1) is 18.3. The number of ether oxygens (including phenoxy) is 1. The molecule has 0 saturated carbocycles. The second-order valence-corrected chi connectivity index (χ2v) is 8.26. The van der Waals surface area contributed by atoms with E-state index in [1.807, 2.05) is 18.2 Å². The fourth-order valence-electron chi connectivity index (χ4n) is 3.38. The van der Waals surface area contributed by atoms with Crippen LogP contribution in [0.15, 0.2) is 53.9 Å². The van der Waals surface area contributed by atoms with Crippen LogP contribution in [0.1, 0.15) is 23.6 Å². The number of nitrogens with zero attached hydrogens (tertiary/aromatic N) is 4. The molecular formula is C19H17FN4O3S. The van der Waals surface area contributed by atoms with Crippen LogP contribution in [0.2, 0.25) is 0 Å². The lowest BCUT2D eigenvalue weighted by Crippen LogP contribution is -2.26. The first-order valence-corrected chi connectivity index (χ1v) is 10.3. The van der Waals surface area contributed by atoms with Gasteiger partial charge in [-0.15, -0.1) is 0 Å². The van der Waals surface area contributed by atoms with E-state index in [0.29, 0.717) is 40.0 Å². The predicted molar refractivity (Wildman–Crippen MR) is 103 cm³/mol.